The fraction of sp³-hybridized carbons (Fsp3) is 0.250. The van der Waals surface area contributed by atoms with Crippen LogP contribution in [0.5, 0.6) is 5.75 Å². The monoisotopic (exact) mass is 489 g/mol. The summed E-state index contributed by atoms with van der Waals surface area (Å²) in [5.74, 6) is -4.23. The number of fused-ring (bicyclic) bond motifs is 1. The molecule has 172 valence electrons. The summed E-state index contributed by atoms with van der Waals surface area (Å²) in [6, 6.07) is 11.4. The van der Waals surface area contributed by atoms with Crippen molar-refractivity contribution in [2.75, 3.05) is 20.3 Å². The lowest BCUT2D eigenvalue weighted by atomic mass is 9.93. The van der Waals surface area contributed by atoms with Crippen LogP contribution in [0.25, 0.3) is 22.2 Å². The fourth-order valence-electron chi connectivity index (χ4n) is 3.27. The molecule has 1 heterocycles. The number of methoxy groups -OCH3 is 1. The highest BCUT2D eigenvalue weighted by Crippen LogP contribution is 2.34. The van der Waals surface area contributed by atoms with Gasteiger partial charge < -0.3 is 14.2 Å². The quantitative estimate of drug-likeness (QED) is 0.245. The number of hydrogen-bond donors (Lipinski definition) is 0. The Morgan fingerprint density at radius 2 is 1.55 bits per heavy atom. The molecule has 0 spiro atoms. The predicted molar refractivity (Wildman–Crippen MR) is 125 cm³/mol. The third-order valence-electron chi connectivity index (χ3n) is 4.79. The van der Waals surface area contributed by atoms with Crippen LogP contribution in [0.2, 0.25) is 10.0 Å². The Morgan fingerprint density at radius 3 is 2.09 bits per heavy atom. The van der Waals surface area contributed by atoms with Crippen molar-refractivity contribution in [2.45, 2.75) is 13.8 Å². The van der Waals surface area contributed by atoms with Crippen molar-refractivity contribution >= 4 is 51.8 Å². The Kier molecular flexibility index (Phi) is 7.89. The number of pyridine rings is 1. The van der Waals surface area contributed by atoms with Crippen molar-refractivity contribution in [3.05, 3.63) is 58.1 Å². The summed E-state index contributed by atoms with van der Waals surface area (Å²) >= 11 is 12.3. The van der Waals surface area contributed by atoms with E-state index in [1.165, 1.54) is 19.2 Å². The van der Waals surface area contributed by atoms with Gasteiger partial charge in [0.05, 0.1) is 36.6 Å². The van der Waals surface area contributed by atoms with Gasteiger partial charge in [0.25, 0.3) is 0 Å². The van der Waals surface area contributed by atoms with E-state index in [9.17, 15) is 14.4 Å². The molecule has 3 rings (SSSR count). The number of Topliss-reactive ketones (excluding diaryl/α,β-unsaturated/α-hetero) is 1. The van der Waals surface area contributed by atoms with Gasteiger partial charge in [-0.15, -0.1) is 0 Å². The zero-order chi connectivity index (χ0) is 24.1. The van der Waals surface area contributed by atoms with Crippen LogP contribution in [0.15, 0.2) is 42.5 Å². The van der Waals surface area contributed by atoms with Gasteiger partial charge in [0, 0.05) is 21.5 Å². The molecule has 0 bridgehead atoms. The molecule has 0 atom stereocenters. The Morgan fingerprint density at radius 1 is 0.939 bits per heavy atom. The van der Waals surface area contributed by atoms with E-state index < -0.39 is 23.6 Å². The van der Waals surface area contributed by atoms with Crippen LogP contribution in [0.1, 0.15) is 24.2 Å². The maximum atomic E-state index is 13.6. The normalized spacial score (nSPS) is 10.8. The average Bonchev–Trinajstić information content (AvgIpc) is 2.78. The topological polar surface area (TPSA) is 91.8 Å². The van der Waals surface area contributed by atoms with E-state index >= 15 is 0 Å². The van der Waals surface area contributed by atoms with Gasteiger partial charge >= 0.3 is 11.9 Å². The summed E-state index contributed by atoms with van der Waals surface area (Å²) in [7, 11) is 1.43. The molecule has 0 saturated heterocycles. The maximum Gasteiger partial charge on any atom is 0.328 e. The first kappa shape index (κ1) is 24.5. The maximum absolute atomic E-state index is 13.6. The highest BCUT2D eigenvalue weighted by atomic mass is 35.5. The van der Waals surface area contributed by atoms with Crippen molar-refractivity contribution in [1.29, 1.82) is 0 Å². The molecule has 9 heteroatoms. The standard InChI is InChI=1S/C24H21Cl2NO6/c1-4-32-23(29)21(24(30)33-5-2)22(28)16-10-18(13-6-8-14(25)9-7-13)27-19-12-17(26)20(31-3)11-15(16)19/h6-12,21H,4-5H2,1-3H3. The fourth-order valence-corrected chi connectivity index (χ4v) is 3.63. The van der Waals surface area contributed by atoms with E-state index in [-0.39, 0.29) is 23.8 Å². The van der Waals surface area contributed by atoms with E-state index in [2.05, 4.69) is 4.98 Å². The Balaban J connectivity index is 2.26. The number of carbonyl (C=O) groups is 3. The number of esters is 2. The number of nitrogens with zero attached hydrogens (tertiary/aromatic N) is 1. The van der Waals surface area contributed by atoms with Gasteiger partial charge in [-0.25, -0.2) is 4.98 Å². The molecule has 0 radical (unpaired) electrons. The van der Waals surface area contributed by atoms with Gasteiger partial charge in [-0.3, -0.25) is 14.4 Å². The number of ketones is 1. The molecule has 0 unspecified atom stereocenters. The Hall–Kier alpha value is -3.16. The van der Waals surface area contributed by atoms with E-state index in [1.807, 2.05) is 0 Å². The van der Waals surface area contributed by atoms with Gasteiger partial charge in [0.2, 0.25) is 5.92 Å². The number of ether oxygens (including phenoxy) is 3. The third kappa shape index (κ3) is 5.26. The van der Waals surface area contributed by atoms with Gasteiger partial charge in [0.1, 0.15) is 5.75 Å². The van der Waals surface area contributed by atoms with Crippen molar-refractivity contribution < 1.29 is 28.6 Å². The number of aromatic nitrogens is 1. The van der Waals surface area contributed by atoms with Crippen LogP contribution in [-0.2, 0) is 19.1 Å². The molecular formula is C24H21Cl2NO6. The lowest BCUT2D eigenvalue weighted by molar-refractivity contribution is -0.158. The highest BCUT2D eigenvalue weighted by molar-refractivity contribution is 6.33. The molecule has 0 fully saturated rings. The minimum Gasteiger partial charge on any atom is -0.495 e. The first-order valence-electron chi connectivity index (χ1n) is 10.1. The Labute approximate surface area is 200 Å². The number of carbonyl (C=O) groups excluding carboxylic acids is 3. The molecule has 0 aliphatic carbocycles. The molecular weight excluding hydrogens is 469 g/mol. The van der Waals surface area contributed by atoms with E-state index in [0.29, 0.717) is 32.9 Å². The lowest BCUT2D eigenvalue weighted by Crippen LogP contribution is -2.35. The summed E-state index contributed by atoms with van der Waals surface area (Å²) in [5.41, 5.74) is 1.55. The number of hydrogen-bond acceptors (Lipinski definition) is 7. The molecule has 0 aliphatic heterocycles. The summed E-state index contributed by atoms with van der Waals surface area (Å²) in [4.78, 5) is 43.3. The lowest BCUT2D eigenvalue weighted by Gasteiger charge is -2.16. The van der Waals surface area contributed by atoms with Crippen LogP contribution in [0.3, 0.4) is 0 Å². The van der Waals surface area contributed by atoms with Gasteiger partial charge in [-0.1, -0.05) is 35.3 Å². The molecule has 0 saturated carbocycles. The number of benzene rings is 2. The van der Waals surface area contributed by atoms with Gasteiger partial charge in [-0.2, -0.15) is 0 Å². The summed E-state index contributed by atoms with van der Waals surface area (Å²) < 4.78 is 15.2. The van der Waals surface area contributed by atoms with Crippen molar-refractivity contribution in [2.24, 2.45) is 5.92 Å². The predicted octanol–water partition coefficient (Wildman–Crippen LogP) is 5.14. The molecule has 1 aromatic heterocycles. The minimum absolute atomic E-state index is 0.00142. The first-order chi connectivity index (χ1) is 15.8. The second-order valence-electron chi connectivity index (χ2n) is 6.87. The molecule has 0 aliphatic rings. The smallest absolute Gasteiger partial charge is 0.328 e. The molecule has 7 nitrogen and oxygen atoms in total. The molecule has 2 aromatic carbocycles. The van der Waals surface area contributed by atoms with Gasteiger partial charge in [-0.05, 0) is 44.2 Å². The largest absolute Gasteiger partial charge is 0.495 e. The van der Waals surface area contributed by atoms with Crippen molar-refractivity contribution in [1.82, 2.24) is 4.98 Å². The molecule has 0 N–H and O–H groups in total. The molecule has 3 aromatic rings. The van der Waals surface area contributed by atoms with E-state index in [0.717, 1.165) is 0 Å². The zero-order valence-electron chi connectivity index (χ0n) is 18.2. The van der Waals surface area contributed by atoms with Crippen molar-refractivity contribution in [3.8, 4) is 17.0 Å². The van der Waals surface area contributed by atoms with Gasteiger partial charge in [0.15, 0.2) is 5.78 Å². The Bertz CT molecular complexity index is 1190. The van der Waals surface area contributed by atoms with Crippen LogP contribution in [0.4, 0.5) is 0 Å². The zero-order valence-corrected chi connectivity index (χ0v) is 19.7. The summed E-state index contributed by atoms with van der Waals surface area (Å²) in [5, 5.41) is 1.18. The first-order valence-corrected chi connectivity index (χ1v) is 10.9. The third-order valence-corrected chi connectivity index (χ3v) is 5.34. The van der Waals surface area contributed by atoms with Crippen LogP contribution < -0.4 is 4.74 Å². The van der Waals surface area contributed by atoms with Crippen LogP contribution in [-0.4, -0.2) is 43.0 Å². The van der Waals surface area contributed by atoms with E-state index in [1.54, 1.807) is 44.2 Å². The molecule has 33 heavy (non-hydrogen) atoms. The average molecular weight is 490 g/mol. The van der Waals surface area contributed by atoms with Crippen LogP contribution >= 0.6 is 23.2 Å². The number of rotatable bonds is 8. The summed E-state index contributed by atoms with van der Waals surface area (Å²) in [6.07, 6.45) is 0. The minimum atomic E-state index is -1.78. The summed E-state index contributed by atoms with van der Waals surface area (Å²) in [6.45, 7) is 3.16. The number of halogens is 2. The van der Waals surface area contributed by atoms with Crippen molar-refractivity contribution in [3.63, 3.8) is 0 Å². The second kappa shape index (κ2) is 10.6. The second-order valence-corrected chi connectivity index (χ2v) is 7.71. The SMILES string of the molecule is CCOC(=O)C(C(=O)OCC)C(=O)c1cc(-c2ccc(Cl)cc2)nc2cc(Cl)c(OC)cc12. The van der Waals surface area contributed by atoms with E-state index in [4.69, 9.17) is 37.4 Å². The molecule has 0 amide bonds. The van der Waals surface area contributed by atoms with Crippen LogP contribution in [0, 0.1) is 5.92 Å². The highest BCUT2D eigenvalue weighted by Gasteiger charge is 2.38.